The van der Waals surface area contributed by atoms with Crippen molar-refractivity contribution in [2.75, 3.05) is 56.8 Å². The summed E-state index contributed by atoms with van der Waals surface area (Å²) < 4.78 is 16.6. The van der Waals surface area contributed by atoms with E-state index in [1.54, 1.807) is 0 Å². The van der Waals surface area contributed by atoms with E-state index in [0.717, 1.165) is 54.7 Å². The van der Waals surface area contributed by atoms with E-state index < -0.39 is 0 Å². The number of carbonyl (C=O) groups is 1. The van der Waals surface area contributed by atoms with Crippen molar-refractivity contribution >= 4 is 17.3 Å². The highest BCUT2D eigenvalue weighted by molar-refractivity contribution is 5.94. The summed E-state index contributed by atoms with van der Waals surface area (Å²) in [5.41, 5.74) is 3.04. The Kier molecular flexibility index (Phi) is 6.40. The smallest absolute Gasteiger partial charge is 0.241 e. The molecule has 2 heterocycles. The highest BCUT2D eigenvalue weighted by atomic mass is 16.6. The maximum absolute atomic E-state index is 12.7. The Morgan fingerprint density at radius 1 is 1.03 bits per heavy atom. The minimum atomic E-state index is -0.280. The number of fused-ring (bicyclic) bond motifs is 1. The number of nitrogens with one attached hydrogen (secondary N) is 1. The molecule has 4 rings (SSSR count). The predicted molar refractivity (Wildman–Crippen MR) is 116 cm³/mol. The lowest BCUT2D eigenvalue weighted by Crippen LogP contribution is -2.39. The van der Waals surface area contributed by atoms with Gasteiger partial charge in [-0.3, -0.25) is 9.69 Å². The van der Waals surface area contributed by atoms with Crippen molar-refractivity contribution in [1.29, 1.82) is 0 Å². The molecule has 2 aromatic rings. The SMILES string of the molecule is C[C@@H](C(=O)Nc1ccc(N2CCOCC2)cc1)N(C)Cc1ccc2c(c1)OCCO2. The number of benzene rings is 2. The van der Waals surface area contributed by atoms with Gasteiger partial charge in [-0.2, -0.15) is 0 Å². The van der Waals surface area contributed by atoms with Crippen LogP contribution in [0.3, 0.4) is 0 Å². The number of morpholine rings is 1. The van der Waals surface area contributed by atoms with Crippen molar-refractivity contribution in [2.24, 2.45) is 0 Å². The Morgan fingerprint density at radius 2 is 1.73 bits per heavy atom. The van der Waals surface area contributed by atoms with Gasteiger partial charge < -0.3 is 24.4 Å². The van der Waals surface area contributed by atoms with Gasteiger partial charge in [-0.1, -0.05) is 6.07 Å². The van der Waals surface area contributed by atoms with Crippen LogP contribution in [0.4, 0.5) is 11.4 Å². The fourth-order valence-corrected chi connectivity index (χ4v) is 3.64. The van der Waals surface area contributed by atoms with Gasteiger partial charge in [-0.05, 0) is 55.9 Å². The monoisotopic (exact) mass is 411 g/mol. The van der Waals surface area contributed by atoms with Crippen LogP contribution in [0.25, 0.3) is 0 Å². The van der Waals surface area contributed by atoms with Crippen molar-refractivity contribution < 1.29 is 19.0 Å². The van der Waals surface area contributed by atoms with Crippen molar-refractivity contribution in [3.63, 3.8) is 0 Å². The number of nitrogens with zero attached hydrogens (tertiary/aromatic N) is 2. The number of likely N-dealkylation sites (N-methyl/N-ethyl adjacent to an activating group) is 1. The summed E-state index contributed by atoms with van der Waals surface area (Å²) in [5.74, 6) is 1.51. The molecule has 1 saturated heterocycles. The predicted octanol–water partition coefficient (Wildman–Crippen LogP) is 2.75. The lowest BCUT2D eigenvalue weighted by molar-refractivity contribution is -0.120. The zero-order chi connectivity index (χ0) is 20.9. The summed E-state index contributed by atoms with van der Waals surface area (Å²) in [5, 5.41) is 3.02. The van der Waals surface area contributed by atoms with Crippen LogP contribution in [-0.4, -0.2) is 63.4 Å². The summed E-state index contributed by atoms with van der Waals surface area (Å²) in [6, 6.07) is 13.6. The number of hydrogen-bond acceptors (Lipinski definition) is 6. The summed E-state index contributed by atoms with van der Waals surface area (Å²) in [7, 11) is 1.95. The van der Waals surface area contributed by atoms with E-state index in [2.05, 4.69) is 10.2 Å². The van der Waals surface area contributed by atoms with E-state index in [1.165, 1.54) is 0 Å². The lowest BCUT2D eigenvalue weighted by Gasteiger charge is -2.29. The quantitative estimate of drug-likeness (QED) is 0.789. The lowest BCUT2D eigenvalue weighted by atomic mass is 10.1. The fourth-order valence-electron chi connectivity index (χ4n) is 3.64. The zero-order valence-electron chi connectivity index (χ0n) is 17.6. The van der Waals surface area contributed by atoms with Gasteiger partial charge in [-0.25, -0.2) is 0 Å². The molecule has 30 heavy (non-hydrogen) atoms. The van der Waals surface area contributed by atoms with Gasteiger partial charge in [0.25, 0.3) is 0 Å². The molecule has 7 nitrogen and oxygen atoms in total. The van der Waals surface area contributed by atoms with Crippen molar-refractivity contribution in [1.82, 2.24) is 4.90 Å². The van der Waals surface area contributed by atoms with E-state index >= 15 is 0 Å². The van der Waals surface area contributed by atoms with Crippen LogP contribution in [0.5, 0.6) is 11.5 Å². The zero-order valence-corrected chi connectivity index (χ0v) is 17.6. The molecular weight excluding hydrogens is 382 g/mol. The van der Waals surface area contributed by atoms with Gasteiger partial charge in [0, 0.05) is 31.0 Å². The molecule has 2 aromatic carbocycles. The number of rotatable bonds is 6. The molecule has 1 atom stereocenters. The minimum absolute atomic E-state index is 0.0332. The topological polar surface area (TPSA) is 63.3 Å². The first-order chi connectivity index (χ1) is 14.6. The first-order valence-corrected chi connectivity index (χ1v) is 10.4. The van der Waals surface area contributed by atoms with Gasteiger partial charge in [0.1, 0.15) is 13.2 Å². The summed E-state index contributed by atoms with van der Waals surface area (Å²) in [6.07, 6.45) is 0. The molecule has 2 aliphatic rings. The molecule has 7 heteroatoms. The largest absolute Gasteiger partial charge is 0.486 e. The van der Waals surface area contributed by atoms with Crippen LogP contribution in [-0.2, 0) is 16.1 Å². The molecule has 160 valence electrons. The molecule has 0 bridgehead atoms. The fraction of sp³-hybridized carbons (Fsp3) is 0.435. The third-order valence-corrected chi connectivity index (χ3v) is 5.59. The van der Waals surface area contributed by atoms with Crippen molar-refractivity contribution in [3.8, 4) is 11.5 Å². The Hall–Kier alpha value is -2.77. The second-order valence-electron chi connectivity index (χ2n) is 7.70. The molecule has 0 unspecified atom stereocenters. The molecule has 1 fully saturated rings. The third kappa shape index (κ3) is 4.86. The van der Waals surface area contributed by atoms with Crippen molar-refractivity contribution in [3.05, 3.63) is 48.0 Å². The van der Waals surface area contributed by atoms with Gasteiger partial charge in [-0.15, -0.1) is 0 Å². The summed E-state index contributed by atoms with van der Waals surface area (Å²) in [6.45, 7) is 7.00. The minimum Gasteiger partial charge on any atom is -0.486 e. The van der Waals surface area contributed by atoms with Crippen LogP contribution >= 0.6 is 0 Å². The van der Waals surface area contributed by atoms with Crippen LogP contribution in [0.2, 0.25) is 0 Å². The first kappa shape index (κ1) is 20.5. The normalized spacial score (nSPS) is 17.0. The van der Waals surface area contributed by atoms with E-state index in [0.29, 0.717) is 19.8 Å². The second-order valence-corrected chi connectivity index (χ2v) is 7.70. The molecular formula is C23H29N3O4. The highest BCUT2D eigenvalue weighted by Crippen LogP contribution is 2.31. The maximum atomic E-state index is 12.7. The molecule has 1 amide bonds. The Labute approximate surface area is 177 Å². The van der Waals surface area contributed by atoms with Crippen molar-refractivity contribution in [2.45, 2.75) is 19.5 Å². The van der Waals surface area contributed by atoms with Gasteiger partial charge >= 0.3 is 0 Å². The second kappa shape index (κ2) is 9.36. The first-order valence-electron chi connectivity index (χ1n) is 10.4. The molecule has 2 aliphatic heterocycles. The average Bonchev–Trinajstić information content (AvgIpc) is 2.79. The van der Waals surface area contributed by atoms with E-state index in [9.17, 15) is 4.79 Å². The molecule has 0 saturated carbocycles. The van der Waals surface area contributed by atoms with E-state index in [1.807, 2.05) is 61.3 Å². The molecule has 0 aromatic heterocycles. The standard InChI is InChI=1S/C23H29N3O4/c1-17(25(2)16-18-3-8-21-22(15-18)30-14-13-29-21)23(27)24-19-4-6-20(7-5-19)26-9-11-28-12-10-26/h3-8,15,17H,9-14,16H2,1-2H3,(H,24,27)/t17-/m0/s1. The van der Waals surface area contributed by atoms with E-state index in [-0.39, 0.29) is 11.9 Å². The Bertz CT molecular complexity index is 865. The molecule has 0 spiro atoms. The third-order valence-electron chi connectivity index (χ3n) is 5.59. The molecule has 1 N–H and O–H groups in total. The van der Waals surface area contributed by atoms with Gasteiger partial charge in [0.05, 0.1) is 19.3 Å². The van der Waals surface area contributed by atoms with Gasteiger partial charge in [0.2, 0.25) is 5.91 Å². The number of anilines is 2. The number of ether oxygens (including phenoxy) is 3. The Balaban J connectivity index is 1.32. The summed E-state index contributed by atoms with van der Waals surface area (Å²) in [4.78, 5) is 17.0. The number of hydrogen-bond donors (Lipinski definition) is 1. The Morgan fingerprint density at radius 3 is 2.47 bits per heavy atom. The highest BCUT2D eigenvalue weighted by Gasteiger charge is 2.20. The molecule has 0 aliphatic carbocycles. The van der Waals surface area contributed by atoms with Crippen LogP contribution in [0, 0.1) is 0 Å². The van der Waals surface area contributed by atoms with E-state index in [4.69, 9.17) is 14.2 Å². The van der Waals surface area contributed by atoms with Crippen LogP contribution in [0.15, 0.2) is 42.5 Å². The average molecular weight is 412 g/mol. The summed E-state index contributed by atoms with van der Waals surface area (Å²) >= 11 is 0. The van der Waals surface area contributed by atoms with Crippen LogP contribution in [0.1, 0.15) is 12.5 Å². The number of amides is 1. The van der Waals surface area contributed by atoms with Crippen LogP contribution < -0.4 is 19.7 Å². The maximum Gasteiger partial charge on any atom is 0.241 e. The molecule has 0 radical (unpaired) electrons. The number of carbonyl (C=O) groups excluding carboxylic acids is 1. The van der Waals surface area contributed by atoms with Gasteiger partial charge in [0.15, 0.2) is 11.5 Å².